The first-order valence-electron chi connectivity index (χ1n) is 3.89. The number of nitrogens with two attached hydrogens (primary N) is 1. The Kier molecular flexibility index (Phi) is 10.8. The highest BCUT2D eigenvalue weighted by atomic mass is 14.4. The number of hydrogen-bond donors (Lipinski definition) is 1. The molecule has 0 atom stereocenters. The summed E-state index contributed by atoms with van der Waals surface area (Å²) < 4.78 is 0. The zero-order chi connectivity index (χ0) is 8.57. The molecule has 0 bridgehead atoms. The van der Waals surface area contributed by atoms with Crippen LogP contribution in [0.3, 0.4) is 0 Å². The molecule has 0 heterocycles. The largest absolute Gasteiger partial charge is 0.333 e. The lowest BCUT2D eigenvalue weighted by atomic mass is 10.1. The predicted octanol–water partition coefficient (Wildman–Crippen LogP) is 2.72. The van der Waals surface area contributed by atoms with Crippen LogP contribution < -0.4 is 5.73 Å². The van der Waals surface area contributed by atoms with Gasteiger partial charge >= 0.3 is 0 Å². The van der Waals surface area contributed by atoms with Gasteiger partial charge in [-0.2, -0.15) is 0 Å². The molecular formula is C9H21N. The fraction of sp³-hybridized carbons (Fsp3) is 0.778. The van der Waals surface area contributed by atoms with Crippen LogP contribution in [0.1, 0.15) is 40.5 Å². The van der Waals surface area contributed by atoms with Gasteiger partial charge in [-0.1, -0.05) is 24.5 Å². The molecule has 1 heteroatoms. The first kappa shape index (κ1) is 12.4. The Morgan fingerprint density at radius 2 is 1.50 bits per heavy atom. The SMILES string of the molecule is CCCC(C)=C(C)C.CN. The van der Waals surface area contributed by atoms with E-state index < -0.39 is 0 Å². The van der Waals surface area contributed by atoms with Crippen LogP contribution in [-0.4, -0.2) is 7.05 Å². The van der Waals surface area contributed by atoms with Crippen molar-refractivity contribution in [3.63, 3.8) is 0 Å². The monoisotopic (exact) mass is 143 g/mol. The molecule has 10 heavy (non-hydrogen) atoms. The van der Waals surface area contributed by atoms with Crippen LogP contribution in [0.15, 0.2) is 11.1 Å². The molecule has 1 nitrogen and oxygen atoms in total. The van der Waals surface area contributed by atoms with Crippen LogP contribution in [0, 0.1) is 0 Å². The summed E-state index contributed by atoms with van der Waals surface area (Å²) in [4.78, 5) is 0. The lowest BCUT2D eigenvalue weighted by molar-refractivity contribution is 0.890. The highest BCUT2D eigenvalue weighted by Crippen LogP contribution is 2.07. The zero-order valence-electron chi connectivity index (χ0n) is 7.99. The summed E-state index contributed by atoms with van der Waals surface area (Å²) in [6, 6.07) is 0. The summed E-state index contributed by atoms with van der Waals surface area (Å²) in [5.41, 5.74) is 7.53. The molecule has 2 N–H and O–H groups in total. The van der Waals surface area contributed by atoms with Crippen LogP contribution in [0.25, 0.3) is 0 Å². The molecule has 0 aromatic heterocycles. The Balaban J connectivity index is 0. The van der Waals surface area contributed by atoms with E-state index in [-0.39, 0.29) is 0 Å². The van der Waals surface area contributed by atoms with Gasteiger partial charge in [0.1, 0.15) is 0 Å². The Bertz CT molecular complexity index is 88.9. The maximum Gasteiger partial charge on any atom is -0.0195 e. The number of allylic oxidation sites excluding steroid dienone is 2. The number of hydrogen-bond acceptors (Lipinski definition) is 1. The average Bonchev–Trinajstić information content (AvgIpc) is 1.93. The standard InChI is InChI=1S/C8H16.CH5N/c1-5-6-8(4)7(2)3;1-2/h5-6H2,1-4H3;2H2,1H3. The predicted molar refractivity (Wildman–Crippen MR) is 49.1 cm³/mol. The van der Waals surface area contributed by atoms with Crippen LogP contribution in [0.2, 0.25) is 0 Å². The maximum absolute atomic E-state index is 4.50. The Hall–Kier alpha value is -0.300. The van der Waals surface area contributed by atoms with E-state index in [1.54, 1.807) is 5.57 Å². The Labute approximate surface area is 65.3 Å². The van der Waals surface area contributed by atoms with Crippen LogP contribution in [-0.2, 0) is 0 Å². The topological polar surface area (TPSA) is 26.0 Å². The summed E-state index contributed by atoms with van der Waals surface area (Å²) in [5.74, 6) is 0. The van der Waals surface area contributed by atoms with E-state index in [0.717, 1.165) is 0 Å². The molecule has 0 rings (SSSR count). The summed E-state index contributed by atoms with van der Waals surface area (Å²) in [6.45, 7) is 8.77. The van der Waals surface area contributed by atoms with E-state index in [2.05, 4.69) is 33.4 Å². The van der Waals surface area contributed by atoms with E-state index in [9.17, 15) is 0 Å². The second-order valence-corrected chi connectivity index (χ2v) is 2.53. The minimum atomic E-state index is 1.27. The van der Waals surface area contributed by atoms with Gasteiger partial charge in [-0.05, 0) is 34.2 Å². The fourth-order valence-electron chi connectivity index (χ4n) is 0.625. The molecule has 0 aromatic carbocycles. The molecule has 0 aromatic rings. The van der Waals surface area contributed by atoms with Crippen molar-refractivity contribution >= 4 is 0 Å². The van der Waals surface area contributed by atoms with Gasteiger partial charge in [0.05, 0.1) is 0 Å². The van der Waals surface area contributed by atoms with E-state index in [0.29, 0.717) is 0 Å². The normalized spacial score (nSPS) is 7.80. The highest BCUT2D eigenvalue weighted by molar-refractivity contribution is 5.05. The first-order valence-corrected chi connectivity index (χ1v) is 3.89. The molecule has 0 aliphatic rings. The van der Waals surface area contributed by atoms with Crippen LogP contribution in [0.4, 0.5) is 0 Å². The molecule has 0 radical (unpaired) electrons. The zero-order valence-corrected chi connectivity index (χ0v) is 7.99. The fourth-order valence-corrected chi connectivity index (χ4v) is 0.625. The molecule has 0 spiro atoms. The van der Waals surface area contributed by atoms with Gasteiger partial charge < -0.3 is 5.73 Å². The van der Waals surface area contributed by atoms with Crippen molar-refractivity contribution in [3.05, 3.63) is 11.1 Å². The molecular weight excluding hydrogens is 122 g/mol. The summed E-state index contributed by atoms with van der Waals surface area (Å²) in [6.07, 6.45) is 2.54. The molecule has 0 fully saturated rings. The Morgan fingerprint density at radius 1 is 1.10 bits per heavy atom. The van der Waals surface area contributed by atoms with Crippen molar-refractivity contribution in [2.75, 3.05) is 7.05 Å². The lowest BCUT2D eigenvalue weighted by Crippen LogP contribution is -1.77. The molecule has 0 aliphatic carbocycles. The summed E-state index contributed by atoms with van der Waals surface area (Å²) in [5, 5.41) is 0. The minimum absolute atomic E-state index is 1.27. The van der Waals surface area contributed by atoms with Crippen LogP contribution >= 0.6 is 0 Å². The molecule has 0 saturated carbocycles. The maximum atomic E-state index is 4.50. The van der Waals surface area contributed by atoms with Gasteiger partial charge in [-0.25, -0.2) is 0 Å². The van der Waals surface area contributed by atoms with Crippen molar-refractivity contribution in [2.24, 2.45) is 5.73 Å². The van der Waals surface area contributed by atoms with Gasteiger partial charge in [-0.15, -0.1) is 0 Å². The molecule has 0 aliphatic heterocycles. The second kappa shape index (κ2) is 8.70. The van der Waals surface area contributed by atoms with Gasteiger partial charge in [0.2, 0.25) is 0 Å². The summed E-state index contributed by atoms with van der Waals surface area (Å²) in [7, 11) is 1.50. The van der Waals surface area contributed by atoms with Crippen LogP contribution in [0.5, 0.6) is 0 Å². The van der Waals surface area contributed by atoms with Crippen molar-refractivity contribution in [2.45, 2.75) is 40.5 Å². The summed E-state index contributed by atoms with van der Waals surface area (Å²) >= 11 is 0. The van der Waals surface area contributed by atoms with Gasteiger partial charge in [0, 0.05) is 0 Å². The van der Waals surface area contributed by atoms with E-state index in [1.807, 2.05) is 0 Å². The molecule has 0 unspecified atom stereocenters. The molecule has 0 amide bonds. The van der Waals surface area contributed by atoms with Gasteiger partial charge in [0.15, 0.2) is 0 Å². The minimum Gasteiger partial charge on any atom is -0.333 e. The molecule has 62 valence electrons. The molecule has 0 saturated heterocycles. The van der Waals surface area contributed by atoms with Gasteiger partial charge in [-0.3, -0.25) is 0 Å². The van der Waals surface area contributed by atoms with Gasteiger partial charge in [0.25, 0.3) is 0 Å². The smallest absolute Gasteiger partial charge is 0.0195 e. The lowest BCUT2D eigenvalue weighted by Gasteiger charge is -1.98. The van der Waals surface area contributed by atoms with E-state index in [1.165, 1.54) is 25.5 Å². The quantitative estimate of drug-likeness (QED) is 0.591. The Morgan fingerprint density at radius 3 is 1.60 bits per heavy atom. The number of rotatable bonds is 2. The second-order valence-electron chi connectivity index (χ2n) is 2.53. The average molecular weight is 143 g/mol. The third-order valence-corrected chi connectivity index (χ3v) is 1.48. The third kappa shape index (κ3) is 7.70. The van der Waals surface area contributed by atoms with Crippen molar-refractivity contribution in [3.8, 4) is 0 Å². The highest BCUT2D eigenvalue weighted by Gasteiger charge is 1.87. The van der Waals surface area contributed by atoms with E-state index >= 15 is 0 Å². The van der Waals surface area contributed by atoms with Crippen molar-refractivity contribution in [1.29, 1.82) is 0 Å². The third-order valence-electron chi connectivity index (χ3n) is 1.48. The van der Waals surface area contributed by atoms with E-state index in [4.69, 9.17) is 0 Å². The first-order chi connectivity index (χ1) is 4.68. The van der Waals surface area contributed by atoms with Crippen molar-refractivity contribution in [1.82, 2.24) is 0 Å². The van der Waals surface area contributed by atoms with Crippen molar-refractivity contribution < 1.29 is 0 Å².